The third-order valence-electron chi connectivity index (χ3n) is 3.21. The number of phenolic OH excluding ortho intramolecular Hbond substituents is 1. The number of aldehydes is 1. The van der Waals surface area contributed by atoms with Gasteiger partial charge in [-0.25, -0.2) is 0 Å². The summed E-state index contributed by atoms with van der Waals surface area (Å²) in [6, 6.07) is 0. The Morgan fingerprint density at radius 1 is 1.25 bits per heavy atom. The predicted octanol–water partition coefficient (Wildman–Crippen LogP) is 3.77. The quantitative estimate of drug-likeness (QED) is 0.858. The van der Waals surface area contributed by atoms with Crippen molar-refractivity contribution in [2.45, 2.75) is 40.0 Å². The molecule has 1 N–H and O–H groups in total. The normalized spacial score (nSPS) is 12.6. The van der Waals surface area contributed by atoms with E-state index in [-0.39, 0.29) is 5.92 Å². The third-order valence-corrected chi connectivity index (χ3v) is 4.18. The molecule has 1 aromatic carbocycles. The van der Waals surface area contributed by atoms with Gasteiger partial charge in [0.2, 0.25) is 0 Å². The number of carbonyl (C=O) groups excluding carboxylic acids is 1. The summed E-state index contributed by atoms with van der Waals surface area (Å²) < 4.78 is 0.739. The van der Waals surface area contributed by atoms with E-state index in [2.05, 4.69) is 15.9 Å². The second-order valence-corrected chi connectivity index (χ2v) is 5.05. The Morgan fingerprint density at radius 2 is 1.81 bits per heavy atom. The first-order valence-electron chi connectivity index (χ1n) is 5.33. The minimum Gasteiger partial charge on any atom is -0.506 e. The Bertz CT molecular complexity index is 395. The van der Waals surface area contributed by atoms with Gasteiger partial charge in [0, 0.05) is 6.42 Å². The van der Waals surface area contributed by atoms with Crippen LogP contribution in [0.3, 0.4) is 0 Å². The van der Waals surface area contributed by atoms with Gasteiger partial charge < -0.3 is 9.90 Å². The number of benzene rings is 1. The van der Waals surface area contributed by atoms with Crippen molar-refractivity contribution in [1.29, 1.82) is 0 Å². The lowest BCUT2D eigenvalue weighted by molar-refractivity contribution is -0.108. The van der Waals surface area contributed by atoms with Crippen LogP contribution in [0.15, 0.2) is 4.47 Å². The molecule has 2 nitrogen and oxygen atoms in total. The third kappa shape index (κ3) is 2.14. The maximum atomic E-state index is 10.6. The second-order valence-electron chi connectivity index (χ2n) is 4.25. The predicted molar refractivity (Wildman–Crippen MR) is 69.1 cm³/mol. The molecule has 0 aliphatic heterocycles. The molecule has 0 aliphatic carbocycles. The molecule has 0 heterocycles. The molecule has 0 fully saturated rings. The van der Waals surface area contributed by atoms with Crippen molar-refractivity contribution in [2.75, 3.05) is 0 Å². The Balaban J connectivity index is 3.44. The van der Waals surface area contributed by atoms with E-state index < -0.39 is 0 Å². The number of phenols is 1. The fourth-order valence-electron chi connectivity index (χ4n) is 2.12. The standard InChI is InChI=1S/C13H17BrO2/c1-7(5-6-15)11-8(2)9(3)13(16)12(14)10(11)4/h6-7,16H,5H2,1-4H3. The molecule has 0 saturated carbocycles. The Kier molecular flexibility index (Phi) is 4.14. The van der Waals surface area contributed by atoms with E-state index >= 15 is 0 Å². The summed E-state index contributed by atoms with van der Waals surface area (Å²) in [5.41, 5.74) is 4.14. The Hall–Kier alpha value is -0.830. The molecule has 16 heavy (non-hydrogen) atoms. The summed E-state index contributed by atoms with van der Waals surface area (Å²) in [6.07, 6.45) is 1.46. The maximum absolute atomic E-state index is 10.6. The van der Waals surface area contributed by atoms with Crippen molar-refractivity contribution < 1.29 is 9.90 Å². The molecule has 0 saturated heterocycles. The van der Waals surface area contributed by atoms with E-state index in [0.29, 0.717) is 12.2 Å². The van der Waals surface area contributed by atoms with Gasteiger partial charge in [-0.1, -0.05) is 6.92 Å². The fourth-order valence-corrected chi connectivity index (χ4v) is 2.63. The molecule has 1 atom stereocenters. The van der Waals surface area contributed by atoms with E-state index in [4.69, 9.17) is 0 Å². The Morgan fingerprint density at radius 3 is 2.31 bits per heavy atom. The number of halogens is 1. The topological polar surface area (TPSA) is 37.3 Å². The highest BCUT2D eigenvalue weighted by molar-refractivity contribution is 9.10. The van der Waals surface area contributed by atoms with E-state index in [9.17, 15) is 9.90 Å². The summed E-state index contributed by atoms with van der Waals surface area (Å²) in [7, 11) is 0. The first-order chi connectivity index (χ1) is 7.41. The molecule has 0 aliphatic rings. The van der Waals surface area contributed by atoms with Crippen molar-refractivity contribution in [1.82, 2.24) is 0 Å². The van der Waals surface area contributed by atoms with Gasteiger partial charge in [-0.15, -0.1) is 0 Å². The highest BCUT2D eigenvalue weighted by Crippen LogP contribution is 2.39. The molecule has 0 amide bonds. The van der Waals surface area contributed by atoms with Crippen LogP contribution in [0.1, 0.15) is 41.5 Å². The van der Waals surface area contributed by atoms with Crippen molar-refractivity contribution >= 4 is 22.2 Å². The van der Waals surface area contributed by atoms with Crippen LogP contribution < -0.4 is 0 Å². The van der Waals surface area contributed by atoms with Crippen LogP contribution in [0.25, 0.3) is 0 Å². The fraction of sp³-hybridized carbons (Fsp3) is 0.462. The van der Waals surface area contributed by atoms with Crippen molar-refractivity contribution in [2.24, 2.45) is 0 Å². The monoisotopic (exact) mass is 284 g/mol. The van der Waals surface area contributed by atoms with Gasteiger partial charge in [0.25, 0.3) is 0 Å². The highest BCUT2D eigenvalue weighted by Gasteiger charge is 2.18. The summed E-state index contributed by atoms with van der Waals surface area (Å²) in [5.74, 6) is 0.491. The summed E-state index contributed by atoms with van der Waals surface area (Å²) in [6.45, 7) is 7.89. The van der Waals surface area contributed by atoms with Gasteiger partial charge in [-0.3, -0.25) is 0 Å². The van der Waals surface area contributed by atoms with E-state index in [0.717, 1.165) is 33.0 Å². The van der Waals surface area contributed by atoms with Gasteiger partial charge >= 0.3 is 0 Å². The van der Waals surface area contributed by atoms with Crippen LogP contribution in [0.2, 0.25) is 0 Å². The molecule has 1 aromatic rings. The van der Waals surface area contributed by atoms with Gasteiger partial charge in [-0.2, -0.15) is 0 Å². The van der Waals surface area contributed by atoms with Crippen LogP contribution in [-0.2, 0) is 4.79 Å². The van der Waals surface area contributed by atoms with Crippen LogP contribution in [0, 0.1) is 20.8 Å². The van der Waals surface area contributed by atoms with Gasteiger partial charge in [0.05, 0.1) is 4.47 Å². The zero-order valence-corrected chi connectivity index (χ0v) is 11.7. The maximum Gasteiger partial charge on any atom is 0.133 e. The molecule has 1 rings (SSSR count). The summed E-state index contributed by atoms with van der Waals surface area (Å²) >= 11 is 3.40. The van der Waals surface area contributed by atoms with Crippen molar-refractivity contribution in [3.63, 3.8) is 0 Å². The molecule has 1 unspecified atom stereocenters. The van der Waals surface area contributed by atoms with E-state index in [1.807, 2.05) is 27.7 Å². The minimum atomic E-state index is 0.188. The number of rotatable bonds is 3. The SMILES string of the molecule is Cc1c(C)c(C(C)CC=O)c(C)c(Br)c1O. The number of hydrogen-bond acceptors (Lipinski definition) is 2. The largest absolute Gasteiger partial charge is 0.506 e. The molecule has 3 heteroatoms. The Labute approximate surface area is 105 Å². The lowest BCUT2D eigenvalue weighted by atomic mass is 9.87. The molecule has 0 radical (unpaired) electrons. The van der Waals surface area contributed by atoms with E-state index in [1.54, 1.807) is 0 Å². The average Bonchev–Trinajstić information content (AvgIpc) is 2.24. The highest BCUT2D eigenvalue weighted by atomic mass is 79.9. The number of hydrogen-bond donors (Lipinski definition) is 1. The lowest BCUT2D eigenvalue weighted by Crippen LogP contribution is -2.03. The van der Waals surface area contributed by atoms with Gasteiger partial charge in [0.1, 0.15) is 12.0 Å². The van der Waals surface area contributed by atoms with Crippen LogP contribution in [-0.4, -0.2) is 11.4 Å². The summed E-state index contributed by atoms with van der Waals surface area (Å²) in [4.78, 5) is 10.6. The van der Waals surface area contributed by atoms with Gasteiger partial charge in [0.15, 0.2) is 0 Å². The summed E-state index contributed by atoms with van der Waals surface area (Å²) in [5, 5.41) is 9.89. The zero-order valence-electron chi connectivity index (χ0n) is 10.1. The molecule has 88 valence electrons. The zero-order chi connectivity index (χ0) is 12.5. The number of carbonyl (C=O) groups is 1. The molecular formula is C13H17BrO2. The van der Waals surface area contributed by atoms with Crippen LogP contribution >= 0.6 is 15.9 Å². The molecule has 0 spiro atoms. The van der Waals surface area contributed by atoms with Crippen LogP contribution in [0.4, 0.5) is 0 Å². The first-order valence-corrected chi connectivity index (χ1v) is 6.12. The lowest BCUT2D eigenvalue weighted by Gasteiger charge is -2.20. The van der Waals surface area contributed by atoms with Crippen molar-refractivity contribution in [3.8, 4) is 5.75 Å². The van der Waals surface area contributed by atoms with Crippen molar-refractivity contribution in [3.05, 3.63) is 26.7 Å². The second kappa shape index (κ2) is 5.00. The molecule has 0 bridgehead atoms. The average molecular weight is 285 g/mol. The number of aromatic hydroxyl groups is 1. The first kappa shape index (κ1) is 13.2. The smallest absolute Gasteiger partial charge is 0.133 e. The van der Waals surface area contributed by atoms with Gasteiger partial charge in [-0.05, 0) is 64.9 Å². The minimum absolute atomic E-state index is 0.188. The van der Waals surface area contributed by atoms with E-state index in [1.165, 1.54) is 0 Å². The molecule has 0 aromatic heterocycles. The van der Waals surface area contributed by atoms with Crippen LogP contribution in [0.5, 0.6) is 5.75 Å². The molecular weight excluding hydrogens is 268 g/mol.